The van der Waals surface area contributed by atoms with Gasteiger partial charge in [-0.05, 0) is 18.9 Å². The second kappa shape index (κ2) is 11.7. The summed E-state index contributed by atoms with van der Waals surface area (Å²) >= 11 is 1.74. The Balaban J connectivity index is 1.52. The summed E-state index contributed by atoms with van der Waals surface area (Å²) in [7, 11) is 0. The number of β-lactam (4-membered cyclic amide) rings is 1. The Morgan fingerprint density at radius 2 is 2.05 bits per heavy atom. The quantitative estimate of drug-likeness (QED) is 0.123. The second-order valence-corrected chi connectivity index (χ2v) is 10.4. The van der Waals surface area contributed by atoms with Crippen LogP contribution in [0.15, 0.2) is 34.0 Å². The number of amides is 3. The summed E-state index contributed by atoms with van der Waals surface area (Å²) in [4.78, 5) is 70.6. The molecule has 1 unspecified atom stereocenters. The molecule has 0 spiro atoms. The number of fused-ring (bicyclic) bond motifs is 1. The van der Waals surface area contributed by atoms with Crippen LogP contribution in [0.1, 0.15) is 25.5 Å². The van der Waals surface area contributed by atoms with Gasteiger partial charge < -0.3 is 20.0 Å². The zero-order valence-corrected chi connectivity index (χ0v) is 22.0. The number of oxime groups is 1. The number of hydrogen-bond acceptors (Lipinski definition) is 11. The maximum Gasteiger partial charge on any atom is 0.471 e. The van der Waals surface area contributed by atoms with Gasteiger partial charge in [-0.1, -0.05) is 11.2 Å². The van der Waals surface area contributed by atoms with Gasteiger partial charge in [0, 0.05) is 23.6 Å². The van der Waals surface area contributed by atoms with Crippen molar-refractivity contribution in [3.8, 4) is 0 Å². The zero-order valence-electron chi connectivity index (χ0n) is 20.4. The van der Waals surface area contributed by atoms with Gasteiger partial charge in [-0.3, -0.25) is 29.4 Å². The number of hydrogen-bond donors (Lipinski definition) is 3. The molecule has 3 atom stereocenters. The first kappa shape index (κ1) is 29.1. The minimum Gasteiger partial charge on any atom is -0.477 e. The van der Waals surface area contributed by atoms with Gasteiger partial charge in [0.15, 0.2) is 10.8 Å². The van der Waals surface area contributed by atoms with E-state index in [1.165, 1.54) is 5.38 Å². The molecule has 0 aromatic carbocycles. The predicted octanol–water partition coefficient (Wildman–Crippen LogP) is 1.38. The molecule has 0 radical (unpaired) electrons. The molecular formula is C22H20F3N5O8S2. The summed E-state index contributed by atoms with van der Waals surface area (Å²) in [6.45, 7) is 0.833. The van der Waals surface area contributed by atoms with E-state index in [0.29, 0.717) is 24.2 Å². The highest BCUT2D eigenvalue weighted by atomic mass is 32.2. The van der Waals surface area contributed by atoms with Crippen molar-refractivity contribution < 1.29 is 51.8 Å². The van der Waals surface area contributed by atoms with Crippen LogP contribution in [0.5, 0.6) is 0 Å². The molecule has 1 aliphatic carbocycles. The zero-order chi connectivity index (χ0) is 29.2. The van der Waals surface area contributed by atoms with Crippen molar-refractivity contribution in [2.45, 2.75) is 43.5 Å². The van der Waals surface area contributed by atoms with E-state index < -0.39 is 64.2 Å². The van der Waals surface area contributed by atoms with Gasteiger partial charge >= 0.3 is 24.0 Å². The molecule has 1 saturated heterocycles. The van der Waals surface area contributed by atoms with E-state index in [4.69, 9.17) is 9.57 Å². The Morgan fingerprint density at radius 3 is 2.67 bits per heavy atom. The minimum absolute atomic E-state index is 0.0994. The van der Waals surface area contributed by atoms with Gasteiger partial charge in [-0.2, -0.15) is 13.2 Å². The molecule has 3 amide bonds. The molecule has 214 valence electrons. The number of carboxylic acids is 1. The molecule has 40 heavy (non-hydrogen) atoms. The molecule has 1 fully saturated rings. The molecule has 3 N–H and O–H groups in total. The Labute approximate surface area is 231 Å². The summed E-state index contributed by atoms with van der Waals surface area (Å²) < 4.78 is 42.7. The van der Waals surface area contributed by atoms with Crippen molar-refractivity contribution in [3.05, 3.63) is 34.5 Å². The highest BCUT2D eigenvalue weighted by Gasteiger charge is 2.54. The number of aromatic nitrogens is 1. The third-order valence-corrected chi connectivity index (χ3v) is 7.77. The summed E-state index contributed by atoms with van der Waals surface area (Å²) in [6.07, 6.45) is -0.826. The first-order valence-corrected chi connectivity index (χ1v) is 13.4. The number of carbonyl (C=O) groups excluding carboxylic acids is 4. The number of esters is 1. The lowest BCUT2D eigenvalue weighted by Crippen LogP contribution is -2.71. The number of rotatable bonds is 9. The van der Waals surface area contributed by atoms with E-state index >= 15 is 0 Å². The molecule has 4 rings (SSSR count). The van der Waals surface area contributed by atoms with Crippen molar-refractivity contribution in [2.24, 2.45) is 5.16 Å². The number of halogens is 3. The average molecular weight is 604 g/mol. The molecule has 2 aliphatic heterocycles. The van der Waals surface area contributed by atoms with Crippen LogP contribution in [-0.4, -0.2) is 86.4 Å². The van der Waals surface area contributed by atoms with Crippen LogP contribution in [0, 0.1) is 0 Å². The van der Waals surface area contributed by atoms with Crippen molar-refractivity contribution >= 4 is 63.6 Å². The number of alkyl halides is 3. The van der Waals surface area contributed by atoms with Crippen LogP contribution >= 0.6 is 23.1 Å². The summed E-state index contributed by atoms with van der Waals surface area (Å²) in [5.74, 6) is -5.92. The lowest BCUT2D eigenvalue weighted by molar-refractivity contribution is -0.167. The van der Waals surface area contributed by atoms with Gasteiger partial charge in [0.25, 0.3) is 11.8 Å². The van der Waals surface area contributed by atoms with Crippen molar-refractivity contribution in [3.63, 3.8) is 0 Å². The van der Waals surface area contributed by atoms with Gasteiger partial charge in [0.1, 0.15) is 35.5 Å². The van der Waals surface area contributed by atoms with Crippen molar-refractivity contribution in [1.29, 1.82) is 0 Å². The van der Waals surface area contributed by atoms with E-state index in [9.17, 15) is 42.3 Å². The minimum atomic E-state index is -5.16. The summed E-state index contributed by atoms with van der Waals surface area (Å²) in [6, 6.07) is -1.18. The fourth-order valence-corrected chi connectivity index (χ4v) is 5.84. The molecule has 3 heterocycles. The monoisotopic (exact) mass is 603 g/mol. The number of nitrogens with zero attached hydrogens (tertiary/aromatic N) is 3. The SMILES string of the molecule is CC(=O)OCC1=C(C(=O)O)N2C(=O)[C@@H](NC(=O)C(=NOC3C=CCC3)c3csc(NC(=O)C(F)(F)F)n3)[C@H]2SC1. The third kappa shape index (κ3) is 6.27. The lowest BCUT2D eigenvalue weighted by atomic mass is 10.0. The van der Waals surface area contributed by atoms with E-state index in [0.717, 1.165) is 23.6 Å². The van der Waals surface area contributed by atoms with Gasteiger partial charge in [0.05, 0.1) is 0 Å². The van der Waals surface area contributed by atoms with Gasteiger partial charge in [0.2, 0.25) is 0 Å². The normalized spacial score (nSPS) is 22.4. The smallest absolute Gasteiger partial charge is 0.471 e. The van der Waals surface area contributed by atoms with Crippen LogP contribution < -0.4 is 10.6 Å². The average Bonchev–Trinajstić information content (AvgIpc) is 3.57. The third-order valence-electron chi connectivity index (χ3n) is 5.67. The maximum atomic E-state index is 13.2. The van der Waals surface area contributed by atoms with Crippen LogP contribution in [0.2, 0.25) is 0 Å². The number of anilines is 1. The number of aliphatic carboxylic acids is 1. The number of thioether (sulfide) groups is 1. The molecule has 18 heteroatoms. The van der Waals surface area contributed by atoms with Crippen LogP contribution in [-0.2, 0) is 33.5 Å². The van der Waals surface area contributed by atoms with Crippen LogP contribution in [0.4, 0.5) is 18.3 Å². The Hall–Kier alpha value is -3.93. The van der Waals surface area contributed by atoms with E-state index in [-0.39, 0.29) is 29.3 Å². The standard InChI is InChI=1S/C22H20F3N5O8S2/c1-9(31)37-6-10-7-39-18-14(17(33)30(18)15(10)19(34)35)27-16(32)13(29-38-11-4-2-3-5-11)12-8-40-21(26-12)28-20(36)22(23,24)25/h2,4,8,11,14,18H,3,5-7H2,1H3,(H,27,32)(H,34,35)(H,26,28,36)/t11?,14-,18-/m1/s1. The maximum absolute atomic E-state index is 13.2. The Kier molecular flexibility index (Phi) is 8.48. The van der Waals surface area contributed by atoms with Gasteiger partial charge in [-0.25, -0.2) is 9.78 Å². The van der Waals surface area contributed by atoms with Crippen molar-refractivity contribution in [1.82, 2.24) is 15.2 Å². The Morgan fingerprint density at radius 1 is 1.30 bits per heavy atom. The number of carboxylic acid groups (broad SMARTS) is 1. The highest BCUT2D eigenvalue weighted by Crippen LogP contribution is 2.40. The molecular weight excluding hydrogens is 583 g/mol. The van der Waals surface area contributed by atoms with E-state index in [2.05, 4.69) is 15.5 Å². The number of carbonyl (C=O) groups is 5. The first-order chi connectivity index (χ1) is 18.9. The second-order valence-electron chi connectivity index (χ2n) is 8.48. The van der Waals surface area contributed by atoms with Crippen LogP contribution in [0.25, 0.3) is 0 Å². The number of nitrogens with one attached hydrogen (secondary N) is 2. The molecule has 0 bridgehead atoms. The molecule has 3 aliphatic rings. The molecule has 13 nitrogen and oxygen atoms in total. The lowest BCUT2D eigenvalue weighted by Gasteiger charge is -2.49. The fourth-order valence-electron chi connectivity index (χ4n) is 3.82. The number of thiazole rings is 1. The van der Waals surface area contributed by atoms with Crippen molar-refractivity contribution in [2.75, 3.05) is 17.7 Å². The predicted molar refractivity (Wildman–Crippen MR) is 133 cm³/mol. The molecule has 1 aromatic rings. The highest BCUT2D eigenvalue weighted by molar-refractivity contribution is 8.00. The van der Waals surface area contributed by atoms with Crippen LogP contribution in [0.3, 0.4) is 0 Å². The fraction of sp³-hybridized carbons (Fsp3) is 0.409. The number of allylic oxidation sites excluding steroid dienone is 1. The largest absolute Gasteiger partial charge is 0.477 e. The van der Waals surface area contributed by atoms with E-state index in [1.54, 1.807) is 11.4 Å². The topological polar surface area (TPSA) is 177 Å². The first-order valence-electron chi connectivity index (χ1n) is 11.5. The van der Waals surface area contributed by atoms with Gasteiger partial charge in [-0.15, -0.1) is 23.1 Å². The number of ether oxygens (including phenoxy) is 1. The molecule has 1 aromatic heterocycles. The molecule has 0 saturated carbocycles. The Bertz CT molecular complexity index is 1340. The summed E-state index contributed by atoms with van der Waals surface area (Å²) in [5, 5.41) is 17.5. The van der Waals surface area contributed by atoms with E-state index in [1.807, 2.05) is 6.08 Å². The summed E-state index contributed by atoms with van der Waals surface area (Å²) in [5.41, 5.74) is -0.842.